The molecule has 1 heterocycles. The molecular formula is C12H14N2O2. The first-order valence-electron chi connectivity index (χ1n) is 5.28. The van der Waals surface area contributed by atoms with Gasteiger partial charge >= 0.3 is 0 Å². The van der Waals surface area contributed by atoms with Crippen LogP contribution in [0.2, 0.25) is 0 Å². The maximum atomic E-state index is 5.55. The second-order valence-electron chi connectivity index (χ2n) is 3.50. The Bertz CT molecular complexity index is 466. The van der Waals surface area contributed by atoms with Crippen LogP contribution >= 0.6 is 0 Å². The summed E-state index contributed by atoms with van der Waals surface area (Å²) in [6, 6.07) is 7.99. The van der Waals surface area contributed by atoms with E-state index in [1.54, 1.807) is 6.92 Å². The monoisotopic (exact) mass is 218 g/mol. The second kappa shape index (κ2) is 4.79. The highest BCUT2D eigenvalue weighted by Gasteiger charge is 2.03. The standard InChI is InChI=1S/C12H14N2O2/c1-3-10-5-4-6-11(7-10)15-8-12-14-13-9(2)16-12/h4-7H,3,8H2,1-2H3. The molecule has 0 bridgehead atoms. The molecule has 0 saturated carbocycles. The Morgan fingerprint density at radius 2 is 2.19 bits per heavy atom. The lowest BCUT2D eigenvalue weighted by atomic mass is 10.2. The number of nitrogens with zero attached hydrogens (tertiary/aromatic N) is 2. The van der Waals surface area contributed by atoms with Crippen LogP contribution in [0.1, 0.15) is 24.3 Å². The van der Waals surface area contributed by atoms with E-state index in [1.807, 2.05) is 18.2 Å². The summed E-state index contributed by atoms with van der Waals surface area (Å²) >= 11 is 0. The molecule has 0 radical (unpaired) electrons. The van der Waals surface area contributed by atoms with Gasteiger partial charge in [-0.05, 0) is 24.1 Å². The number of ether oxygens (including phenoxy) is 1. The van der Waals surface area contributed by atoms with Crippen LogP contribution in [0.5, 0.6) is 5.75 Å². The molecule has 0 spiro atoms. The molecule has 2 rings (SSSR count). The number of hydrogen-bond donors (Lipinski definition) is 0. The van der Waals surface area contributed by atoms with Gasteiger partial charge in [-0.3, -0.25) is 0 Å². The third kappa shape index (κ3) is 2.59. The normalized spacial score (nSPS) is 10.4. The molecule has 0 amide bonds. The van der Waals surface area contributed by atoms with E-state index >= 15 is 0 Å². The molecule has 0 fully saturated rings. The molecule has 0 atom stereocenters. The minimum atomic E-state index is 0.313. The molecule has 4 heteroatoms. The lowest BCUT2D eigenvalue weighted by Crippen LogP contribution is -1.96. The number of aromatic nitrogens is 2. The molecule has 0 N–H and O–H groups in total. The van der Waals surface area contributed by atoms with Gasteiger partial charge in [0.1, 0.15) is 5.75 Å². The molecule has 1 aromatic heterocycles. The van der Waals surface area contributed by atoms with E-state index in [4.69, 9.17) is 9.15 Å². The Morgan fingerprint density at radius 1 is 1.31 bits per heavy atom. The first kappa shape index (κ1) is 10.7. The number of hydrogen-bond acceptors (Lipinski definition) is 4. The van der Waals surface area contributed by atoms with Crippen LogP contribution in [0.25, 0.3) is 0 Å². The lowest BCUT2D eigenvalue weighted by molar-refractivity contribution is 0.260. The molecule has 16 heavy (non-hydrogen) atoms. The molecule has 0 aliphatic heterocycles. The maximum absolute atomic E-state index is 5.55. The van der Waals surface area contributed by atoms with Crippen LogP contribution in [-0.2, 0) is 13.0 Å². The van der Waals surface area contributed by atoms with Gasteiger partial charge in [0, 0.05) is 6.92 Å². The number of aryl methyl sites for hydroxylation is 2. The second-order valence-corrected chi connectivity index (χ2v) is 3.50. The van der Waals surface area contributed by atoms with Crippen molar-refractivity contribution in [2.75, 3.05) is 0 Å². The van der Waals surface area contributed by atoms with Crippen molar-refractivity contribution in [3.05, 3.63) is 41.6 Å². The summed E-state index contributed by atoms with van der Waals surface area (Å²) < 4.78 is 10.8. The van der Waals surface area contributed by atoms with Gasteiger partial charge in [-0.25, -0.2) is 0 Å². The van der Waals surface area contributed by atoms with E-state index in [9.17, 15) is 0 Å². The average molecular weight is 218 g/mol. The van der Waals surface area contributed by atoms with Crippen LogP contribution in [0, 0.1) is 6.92 Å². The third-order valence-corrected chi connectivity index (χ3v) is 2.24. The highest BCUT2D eigenvalue weighted by atomic mass is 16.5. The fraction of sp³-hybridized carbons (Fsp3) is 0.333. The maximum Gasteiger partial charge on any atom is 0.253 e. The summed E-state index contributed by atoms with van der Waals surface area (Å²) in [4.78, 5) is 0. The topological polar surface area (TPSA) is 48.2 Å². The molecule has 84 valence electrons. The summed E-state index contributed by atoms with van der Waals surface area (Å²) in [7, 11) is 0. The zero-order valence-corrected chi connectivity index (χ0v) is 9.43. The Kier molecular flexibility index (Phi) is 3.19. The Labute approximate surface area is 94.3 Å². The van der Waals surface area contributed by atoms with Crippen molar-refractivity contribution in [2.24, 2.45) is 0 Å². The van der Waals surface area contributed by atoms with Gasteiger partial charge in [-0.1, -0.05) is 19.1 Å². The first-order chi connectivity index (χ1) is 7.78. The molecule has 2 aromatic rings. The zero-order chi connectivity index (χ0) is 11.4. The van der Waals surface area contributed by atoms with Gasteiger partial charge in [-0.15, -0.1) is 10.2 Å². The minimum Gasteiger partial charge on any atom is -0.484 e. The van der Waals surface area contributed by atoms with Crippen LogP contribution < -0.4 is 4.74 Å². The van der Waals surface area contributed by atoms with Crippen LogP contribution in [0.3, 0.4) is 0 Å². The lowest BCUT2D eigenvalue weighted by Gasteiger charge is -2.04. The largest absolute Gasteiger partial charge is 0.484 e. The van der Waals surface area contributed by atoms with E-state index in [-0.39, 0.29) is 0 Å². The van der Waals surface area contributed by atoms with E-state index in [0.717, 1.165) is 12.2 Å². The summed E-state index contributed by atoms with van der Waals surface area (Å²) in [5.41, 5.74) is 1.25. The van der Waals surface area contributed by atoms with Crippen molar-refractivity contribution in [1.29, 1.82) is 0 Å². The van der Waals surface area contributed by atoms with Gasteiger partial charge in [-0.2, -0.15) is 0 Å². The quantitative estimate of drug-likeness (QED) is 0.791. The Morgan fingerprint density at radius 3 is 2.88 bits per heavy atom. The van der Waals surface area contributed by atoms with Gasteiger partial charge in [0.25, 0.3) is 5.89 Å². The van der Waals surface area contributed by atoms with Gasteiger partial charge in [0.05, 0.1) is 0 Å². The molecule has 4 nitrogen and oxygen atoms in total. The number of rotatable bonds is 4. The van der Waals surface area contributed by atoms with Crippen molar-refractivity contribution in [1.82, 2.24) is 10.2 Å². The van der Waals surface area contributed by atoms with Gasteiger partial charge in [0.2, 0.25) is 5.89 Å². The average Bonchev–Trinajstić information content (AvgIpc) is 2.73. The van der Waals surface area contributed by atoms with Crippen molar-refractivity contribution in [2.45, 2.75) is 26.9 Å². The highest BCUT2D eigenvalue weighted by Crippen LogP contribution is 2.15. The fourth-order valence-corrected chi connectivity index (χ4v) is 1.40. The van der Waals surface area contributed by atoms with Gasteiger partial charge in [0.15, 0.2) is 6.61 Å². The van der Waals surface area contributed by atoms with E-state index in [0.29, 0.717) is 18.4 Å². The summed E-state index contributed by atoms with van der Waals surface area (Å²) in [5, 5.41) is 7.60. The minimum absolute atomic E-state index is 0.313. The van der Waals surface area contributed by atoms with Gasteiger partial charge < -0.3 is 9.15 Å². The third-order valence-electron chi connectivity index (χ3n) is 2.24. The van der Waals surface area contributed by atoms with Crippen LogP contribution in [-0.4, -0.2) is 10.2 Å². The Balaban J connectivity index is 1.99. The molecular weight excluding hydrogens is 204 g/mol. The molecule has 0 aliphatic rings. The SMILES string of the molecule is CCc1cccc(OCc2nnc(C)o2)c1. The van der Waals surface area contributed by atoms with E-state index < -0.39 is 0 Å². The highest BCUT2D eigenvalue weighted by molar-refractivity contribution is 5.28. The van der Waals surface area contributed by atoms with E-state index in [2.05, 4.69) is 23.2 Å². The summed E-state index contributed by atoms with van der Waals surface area (Å²) in [6.07, 6.45) is 0.997. The van der Waals surface area contributed by atoms with Crippen molar-refractivity contribution < 1.29 is 9.15 Å². The zero-order valence-electron chi connectivity index (χ0n) is 9.43. The van der Waals surface area contributed by atoms with Crippen LogP contribution in [0.15, 0.2) is 28.7 Å². The molecule has 0 aliphatic carbocycles. The molecule has 0 unspecified atom stereocenters. The smallest absolute Gasteiger partial charge is 0.253 e. The van der Waals surface area contributed by atoms with Crippen molar-refractivity contribution in [3.63, 3.8) is 0 Å². The summed E-state index contributed by atoms with van der Waals surface area (Å²) in [6.45, 7) is 4.18. The van der Waals surface area contributed by atoms with Crippen molar-refractivity contribution >= 4 is 0 Å². The van der Waals surface area contributed by atoms with Crippen LogP contribution in [0.4, 0.5) is 0 Å². The molecule has 0 saturated heterocycles. The van der Waals surface area contributed by atoms with E-state index in [1.165, 1.54) is 5.56 Å². The Hall–Kier alpha value is -1.84. The fourth-order valence-electron chi connectivity index (χ4n) is 1.40. The predicted molar refractivity (Wildman–Crippen MR) is 59.2 cm³/mol. The predicted octanol–water partition coefficient (Wildman–Crippen LogP) is 2.52. The first-order valence-corrected chi connectivity index (χ1v) is 5.28. The van der Waals surface area contributed by atoms with Crippen molar-refractivity contribution in [3.8, 4) is 5.75 Å². The molecule has 1 aromatic carbocycles. The number of benzene rings is 1. The summed E-state index contributed by atoms with van der Waals surface area (Å²) in [5.74, 6) is 1.88.